The van der Waals surface area contributed by atoms with Crippen molar-refractivity contribution >= 4 is 44.5 Å². The van der Waals surface area contributed by atoms with Gasteiger partial charge in [0.05, 0.1) is 16.7 Å². The number of thioether (sulfide) groups is 1. The summed E-state index contributed by atoms with van der Waals surface area (Å²) in [6.07, 6.45) is 4.52. The zero-order valence-corrected chi connectivity index (χ0v) is 16.0. The standard InChI is InChI=1S/C17H20BrN3O2S/c1-2-21-16(23)13-9-11(18)7-8-14(13)20-17(21)24-10-15(22)19-12-5-3-4-6-12/h7-9,12H,2-6,10H2,1H3,(H,19,22). The van der Waals surface area contributed by atoms with E-state index in [0.29, 0.717) is 28.6 Å². The molecule has 1 fully saturated rings. The molecule has 0 atom stereocenters. The molecule has 1 aromatic carbocycles. The number of carbonyl (C=O) groups excluding carboxylic acids is 1. The second-order valence-corrected chi connectivity index (χ2v) is 7.80. The van der Waals surface area contributed by atoms with Crippen molar-refractivity contribution in [1.29, 1.82) is 0 Å². The Morgan fingerprint density at radius 2 is 2.17 bits per heavy atom. The van der Waals surface area contributed by atoms with Crippen molar-refractivity contribution in [2.24, 2.45) is 0 Å². The van der Waals surface area contributed by atoms with Crippen molar-refractivity contribution in [3.05, 3.63) is 33.0 Å². The zero-order valence-electron chi connectivity index (χ0n) is 13.5. The molecule has 0 saturated heterocycles. The Kier molecular flexibility index (Phi) is 5.61. The van der Waals surface area contributed by atoms with Gasteiger partial charge in [-0.1, -0.05) is 40.5 Å². The third-order valence-electron chi connectivity index (χ3n) is 4.25. The highest BCUT2D eigenvalue weighted by molar-refractivity contribution is 9.10. The van der Waals surface area contributed by atoms with E-state index in [-0.39, 0.29) is 17.2 Å². The van der Waals surface area contributed by atoms with E-state index in [4.69, 9.17) is 0 Å². The smallest absolute Gasteiger partial charge is 0.262 e. The van der Waals surface area contributed by atoms with Gasteiger partial charge in [-0.25, -0.2) is 4.98 Å². The maximum Gasteiger partial charge on any atom is 0.262 e. The minimum atomic E-state index is -0.0671. The summed E-state index contributed by atoms with van der Waals surface area (Å²) in [5.74, 6) is 0.296. The van der Waals surface area contributed by atoms with Crippen molar-refractivity contribution in [2.75, 3.05) is 5.75 Å². The van der Waals surface area contributed by atoms with E-state index in [9.17, 15) is 9.59 Å². The molecule has 5 nitrogen and oxygen atoms in total. The van der Waals surface area contributed by atoms with Crippen LogP contribution in [0.5, 0.6) is 0 Å². The first-order chi connectivity index (χ1) is 11.6. The highest BCUT2D eigenvalue weighted by atomic mass is 79.9. The first kappa shape index (κ1) is 17.5. The minimum absolute atomic E-state index is 0.0136. The van der Waals surface area contributed by atoms with Crippen LogP contribution in [0.4, 0.5) is 0 Å². The normalized spacial score (nSPS) is 15.1. The maximum atomic E-state index is 12.6. The molecule has 24 heavy (non-hydrogen) atoms. The lowest BCUT2D eigenvalue weighted by Crippen LogP contribution is -2.34. The van der Waals surface area contributed by atoms with Crippen LogP contribution in [0.25, 0.3) is 10.9 Å². The number of carbonyl (C=O) groups is 1. The van der Waals surface area contributed by atoms with Crippen LogP contribution in [0.15, 0.2) is 32.6 Å². The lowest BCUT2D eigenvalue weighted by molar-refractivity contribution is -0.119. The van der Waals surface area contributed by atoms with Gasteiger partial charge in [-0.2, -0.15) is 0 Å². The Labute approximate surface area is 153 Å². The van der Waals surface area contributed by atoms with E-state index in [1.54, 1.807) is 10.6 Å². The van der Waals surface area contributed by atoms with Gasteiger partial charge in [0.25, 0.3) is 5.56 Å². The summed E-state index contributed by atoms with van der Waals surface area (Å²) in [5.41, 5.74) is 0.592. The number of aromatic nitrogens is 2. The van der Waals surface area contributed by atoms with Crippen molar-refractivity contribution in [3.63, 3.8) is 0 Å². The van der Waals surface area contributed by atoms with Crippen LogP contribution in [0, 0.1) is 0 Å². The number of halogens is 1. The van der Waals surface area contributed by atoms with Gasteiger partial charge in [0.2, 0.25) is 5.91 Å². The summed E-state index contributed by atoms with van der Waals surface area (Å²) in [6.45, 7) is 2.44. The Bertz CT molecular complexity index is 815. The molecule has 1 aromatic heterocycles. The Morgan fingerprint density at radius 1 is 1.42 bits per heavy atom. The lowest BCUT2D eigenvalue weighted by Gasteiger charge is -2.13. The van der Waals surface area contributed by atoms with E-state index in [2.05, 4.69) is 26.2 Å². The van der Waals surface area contributed by atoms with E-state index in [0.717, 1.165) is 17.3 Å². The second-order valence-electron chi connectivity index (χ2n) is 5.94. The fourth-order valence-corrected chi connectivity index (χ4v) is 4.27. The summed E-state index contributed by atoms with van der Waals surface area (Å²) in [7, 11) is 0. The molecule has 1 amide bonds. The predicted octanol–water partition coefficient (Wildman–Crippen LogP) is 3.33. The largest absolute Gasteiger partial charge is 0.353 e. The molecule has 0 bridgehead atoms. The third kappa shape index (κ3) is 3.83. The van der Waals surface area contributed by atoms with Crippen LogP contribution in [0.3, 0.4) is 0 Å². The Morgan fingerprint density at radius 3 is 2.88 bits per heavy atom. The molecule has 128 valence electrons. The topological polar surface area (TPSA) is 64.0 Å². The molecular formula is C17H20BrN3O2S. The molecule has 1 saturated carbocycles. The molecule has 0 radical (unpaired) electrons. The van der Waals surface area contributed by atoms with E-state index in [1.807, 2.05) is 19.1 Å². The van der Waals surface area contributed by atoms with E-state index in [1.165, 1.54) is 24.6 Å². The van der Waals surface area contributed by atoms with Crippen LogP contribution >= 0.6 is 27.7 Å². The fraction of sp³-hybridized carbons (Fsp3) is 0.471. The van der Waals surface area contributed by atoms with Gasteiger partial charge in [0.1, 0.15) is 0 Å². The van der Waals surface area contributed by atoms with E-state index < -0.39 is 0 Å². The molecule has 0 spiro atoms. The molecule has 3 rings (SSSR count). The molecule has 1 aliphatic carbocycles. The van der Waals surface area contributed by atoms with Gasteiger partial charge in [0.15, 0.2) is 5.16 Å². The molecule has 7 heteroatoms. The molecule has 1 N–H and O–H groups in total. The minimum Gasteiger partial charge on any atom is -0.353 e. The first-order valence-electron chi connectivity index (χ1n) is 8.20. The van der Waals surface area contributed by atoms with Crippen LogP contribution < -0.4 is 10.9 Å². The lowest BCUT2D eigenvalue weighted by atomic mass is 10.2. The molecule has 0 aliphatic heterocycles. The highest BCUT2D eigenvalue weighted by Gasteiger charge is 2.18. The van der Waals surface area contributed by atoms with Gasteiger partial charge >= 0.3 is 0 Å². The van der Waals surface area contributed by atoms with Gasteiger partial charge in [-0.3, -0.25) is 14.2 Å². The average Bonchev–Trinajstić information content (AvgIpc) is 3.06. The summed E-state index contributed by atoms with van der Waals surface area (Å²) < 4.78 is 2.48. The number of amides is 1. The zero-order chi connectivity index (χ0) is 17.1. The molecule has 2 aromatic rings. The number of hydrogen-bond acceptors (Lipinski definition) is 4. The van der Waals surface area contributed by atoms with Crippen LogP contribution in [-0.4, -0.2) is 27.3 Å². The number of fused-ring (bicyclic) bond motifs is 1. The number of nitrogens with zero attached hydrogens (tertiary/aromatic N) is 2. The van der Waals surface area contributed by atoms with Crippen LogP contribution in [0.1, 0.15) is 32.6 Å². The third-order valence-corrected chi connectivity index (χ3v) is 5.72. The van der Waals surface area contributed by atoms with Crippen LogP contribution in [-0.2, 0) is 11.3 Å². The average molecular weight is 410 g/mol. The van der Waals surface area contributed by atoms with Gasteiger partial charge in [-0.05, 0) is 38.0 Å². The maximum absolute atomic E-state index is 12.6. The van der Waals surface area contributed by atoms with Gasteiger partial charge < -0.3 is 5.32 Å². The molecule has 1 aliphatic rings. The summed E-state index contributed by atoms with van der Waals surface area (Å²) in [4.78, 5) is 29.3. The Balaban J connectivity index is 1.79. The van der Waals surface area contributed by atoms with Crippen molar-refractivity contribution in [2.45, 2.75) is 50.4 Å². The molecule has 1 heterocycles. The summed E-state index contributed by atoms with van der Waals surface area (Å²) in [6, 6.07) is 5.79. The Hall–Kier alpha value is -1.34. The van der Waals surface area contributed by atoms with Crippen LogP contribution in [0.2, 0.25) is 0 Å². The second kappa shape index (κ2) is 7.70. The molecular weight excluding hydrogens is 390 g/mol. The quantitative estimate of drug-likeness (QED) is 0.607. The molecule has 0 unspecified atom stereocenters. The van der Waals surface area contributed by atoms with Crippen molar-refractivity contribution in [1.82, 2.24) is 14.9 Å². The highest BCUT2D eigenvalue weighted by Crippen LogP contribution is 2.21. The number of nitrogens with one attached hydrogen (secondary N) is 1. The summed E-state index contributed by atoms with van der Waals surface area (Å²) >= 11 is 4.71. The van der Waals surface area contributed by atoms with E-state index >= 15 is 0 Å². The monoisotopic (exact) mass is 409 g/mol. The first-order valence-corrected chi connectivity index (χ1v) is 9.98. The summed E-state index contributed by atoms with van der Waals surface area (Å²) in [5, 5.41) is 4.25. The predicted molar refractivity (Wildman–Crippen MR) is 100 cm³/mol. The fourth-order valence-electron chi connectivity index (χ4n) is 3.03. The SMILES string of the molecule is CCn1c(SCC(=O)NC2CCCC2)nc2ccc(Br)cc2c1=O. The van der Waals surface area contributed by atoms with Crippen molar-refractivity contribution < 1.29 is 4.79 Å². The van der Waals surface area contributed by atoms with Gasteiger partial charge in [-0.15, -0.1) is 0 Å². The van der Waals surface area contributed by atoms with Crippen molar-refractivity contribution in [3.8, 4) is 0 Å². The number of hydrogen-bond donors (Lipinski definition) is 1. The van der Waals surface area contributed by atoms with Gasteiger partial charge in [0, 0.05) is 17.1 Å². The number of benzene rings is 1. The number of rotatable bonds is 5.